The Kier molecular flexibility index (Phi) is 5.31. The molecule has 0 aliphatic heterocycles. The fourth-order valence-corrected chi connectivity index (χ4v) is 4.12. The fraction of sp³-hybridized carbons (Fsp3) is 0.182. The van der Waals surface area contributed by atoms with E-state index in [1.165, 1.54) is 17.3 Å². The van der Waals surface area contributed by atoms with Gasteiger partial charge < -0.3 is 4.57 Å². The third-order valence-electron chi connectivity index (χ3n) is 4.80. The van der Waals surface area contributed by atoms with Crippen LogP contribution in [0.15, 0.2) is 65.8 Å². The van der Waals surface area contributed by atoms with Gasteiger partial charge in [-0.2, -0.15) is 4.68 Å². The molecule has 2 aromatic carbocycles. The first-order valence-corrected chi connectivity index (χ1v) is 10.3. The second-order valence-corrected chi connectivity index (χ2v) is 7.82. The number of hydrogen-bond donors (Lipinski definition) is 0. The van der Waals surface area contributed by atoms with E-state index in [9.17, 15) is 4.79 Å². The molecule has 0 fully saturated rings. The zero-order valence-electron chi connectivity index (χ0n) is 16.5. The summed E-state index contributed by atoms with van der Waals surface area (Å²) < 4.78 is 3.76. The minimum absolute atomic E-state index is 0.0593. The van der Waals surface area contributed by atoms with Gasteiger partial charge in [-0.3, -0.25) is 4.79 Å². The van der Waals surface area contributed by atoms with Crippen molar-refractivity contribution in [3.05, 3.63) is 83.2 Å². The molecule has 0 spiro atoms. The van der Waals surface area contributed by atoms with Gasteiger partial charge in [0.1, 0.15) is 0 Å². The molecule has 4 aromatic rings. The number of para-hydroxylation sites is 1. The van der Waals surface area contributed by atoms with E-state index in [0.29, 0.717) is 5.16 Å². The van der Waals surface area contributed by atoms with Gasteiger partial charge in [-0.15, -0.1) is 5.10 Å². The van der Waals surface area contributed by atoms with Crippen LogP contribution in [0, 0.1) is 20.8 Å². The molecule has 0 aliphatic carbocycles. The number of aryl methyl sites for hydroxylation is 2. The van der Waals surface area contributed by atoms with Crippen LogP contribution >= 0.6 is 11.8 Å². The molecule has 2 aromatic heterocycles. The number of tetrazole rings is 1. The number of hydrogen-bond acceptors (Lipinski definition) is 5. The first-order chi connectivity index (χ1) is 14.0. The van der Waals surface area contributed by atoms with E-state index in [4.69, 9.17) is 0 Å². The van der Waals surface area contributed by atoms with Crippen molar-refractivity contribution in [2.24, 2.45) is 0 Å². The Morgan fingerprint density at radius 2 is 1.69 bits per heavy atom. The summed E-state index contributed by atoms with van der Waals surface area (Å²) in [7, 11) is 0. The summed E-state index contributed by atoms with van der Waals surface area (Å²) in [5.41, 5.74) is 5.85. The average Bonchev–Trinajstić information content (AvgIpc) is 3.32. The van der Waals surface area contributed by atoms with Crippen molar-refractivity contribution >= 4 is 17.5 Å². The molecule has 0 amide bonds. The van der Waals surface area contributed by atoms with Gasteiger partial charge in [0.25, 0.3) is 0 Å². The van der Waals surface area contributed by atoms with E-state index >= 15 is 0 Å². The van der Waals surface area contributed by atoms with E-state index < -0.39 is 0 Å². The summed E-state index contributed by atoms with van der Waals surface area (Å²) in [6.07, 6.45) is 0. The maximum atomic E-state index is 12.9. The topological polar surface area (TPSA) is 65.6 Å². The molecule has 146 valence electrons. The first-order valence-electron chi connectivity index (χ1n) is 9.30. The van der Waals surface area contributed by atoms with Gasteiger partial charge in [-0.1, -0.05) is 47.7 Å². The second-order valence-electron chi connectivity index (χ2n) is 6.88. The van der Waals surface area contributed by atoms with Crippen molar-refractivity contribution in [3.8, 4) is 11.4 Å². The molecule has 0 aliphatic rings. The van der Waals surface area contributed by atoms with Crippen LogP contribution in [-0.2, 0) is 0 Å². The zero-order valence-corrected chi connectivity index (χ0v) is 17.3. The number of thioether (sulfide) groups is 1. The first kappa shape index (κ1) is 19.1. The summed E-state index contributed by atoms with van der Waals surface area (Å²) in [5, 5.41) is 12.5. The highest BCUT2D eigenvalue weighted by molar-refractivity contribution is 7.99. The SMILES string of the molecule is Cc1ccc(-n2c(C)cc(C(=O)CSc3nnnn3-c3ccccc3)c2C)cc1. The maximum absolute atomic E-state index is 12.9. The number of carbonyl (C=O) groups excluding carboxylic acids is 1. The van der Waals surface area contributed by atoms with Crippen molar-refractivity contribution < 1.29 is 4.79 Å². The molecule has 7 heteroatoms. The quantitative estimate of drug-likeness (QED) is 0.354. The Bertz CT molecular complexity index is 1150. The molecular weight excluding hydrogens is 382 g/mol. The smallest absolute Gasteiger partial charge is 0.214 e. The summed E-state index contributed by atoms with van der Waals surface area (Å²) >= 11 is 1.34. The van der Waals surface area contributed by atoms with E-state index in [1.807, 2.05) is 50.2 Å². The lowest BCUT2D eigenvalue weighted by Gasteiger charge is -2.10. The lowest BCUT2D eigenvalue weighted by atomic mass is 10.2. The molecule has 0 radical (unpaired) electrons. The van der Waals surface area contributed by atoms with Crippen LogP contribution in [0.1, 0.15) is 27.3 Å². The molecule has 29 heavy (non-hydrogen) atoms. The molecule has 4 rings (SSSR count). The van der Waals surface area contributed by atoms with Gasteiger partial charge in [0, 0.05) is 22.6 Å². The maximum Gasteiger partial charge on any atom is 0.214 e. The third kappa shape index (κ3) is 3.86. The molecule has 2 heterocycles. The number of rotatable bonds is 6. The fourth-order valence-electron chi connectivity index (χ4n) is 3.34. The largest absolute Gasteiger partial charge is 0.318 e. The number of carbonyl (C=O) groups is 1. The van der Waals surface area contributed by atoms with Crippen molar-refractivity contribution in [2.75, 3.05) is 5.75 Å². The number of Topliss-reactive ketones (excluding diaryl/α,β-unsaturated/α-hetero) is 1. The van der Waals surface area contributed by atoms with Gasteiger partial charge in [0.05, 0.1) is 11.4 Å². The van der Waals surface area contributed by atoms with E-state index in [0.717, 1.165) is 28.3 Å². The Labute approximate surface area is 173 Å². The third-order valence-corrected chi connectivity index (χ3v) is 5.72. The number of aromatic nitrogens is 5. The van der Waals surface area contributed by atoms with Gasteiger partial charge >= 0.3 is 0 Å². The van der Waals surface area contributed by atoms with Gasteiger partial charge in [-0.25, -0.2) is 0 Å². The van der Waals surface area contributed by atoms with E-state index in [2.05, 4.69) is 51.3 Å². The normalized spacial score (nSPS) is 11.0. The van der Waals surface area contributed by atoms with Crippen LogP contribution in [0.3, 0.4) is 0 Å². The van der Waals surface area contributed by atoms with Gasteiger partial charge in [0.15, 0.2) is 5.78 Å². The summed E-state index contributed by atoms with van der Waals surface area (Å²) in [5.74, 6) is 0.329. The van der Waals surface area contributed by atoms with Gasteiger partial charge in [-0.05, 0) is 61.5 Å². The zero-order chi connectivity index (χ0) is 20.4. The standard InChI is InChI=1S/C22H21N5OS/c1-15-9-11-18(12-10-15)26-16(2)13-20(17(26)3)21(28)14-29-22-23-24-25-27(22)19-7-5-4-6-8-19/h4-13H,14H2,1-3H3. The number of benzene rings is 2. The van der Waals surface area contributed by atoms with E-state index in [1.54, 1.807) is 4.68 Å². The lowest BCUT2D eigenvalue weighted by Crippen LogP contribution is -2.07. The minimum atomic E-state index is 0.0593. The molecule has 0 saturated carbocycles. The van der Waals surface area contributed by atoms with Crippen LogP contribution in [0.4, 0.5) is 0 Å². The Morgan fingerprint density at radius 1 is 0.966 bits per heavy atom. The predicted molar refractivity (Wildman–Crippen MR) is 114 cm³/mol. The summed E-state index contributed by atoms with van der Waals surface area (Å²) in [6, 6.07) is 19.9. The number of nitrogens with zero attached hydrogens (tertiary/aromatic N) is 5. The number of ketones is 1. The molecule has 6 nitrogen and oxygen atoms in total. The highest BCUT2D eigenvalue weighted by Crippen LogP contribution is 2.24. The van der Waals surface area contributed by atoms with Crippen molar-refractivity contribution in [2.45, 2.75) is 25.9 Å². The van der Waals surface area contributed by atoms with Crippen molar-refractivity contribution in [3.63, 3.8) is 0 Å². The summed E-state index contributed by atoms with van der Waals surface area (Å²) in [4.78, 5) is 12.9. The Hall–Kier alpha value is -3.19. The van der Waals surface area contributed by atoms with Crippen molar-refractivity contribution in [1.29, 1.82) is 0 Å². The molecule has 0 atom stereocenters. The molecule has 0 bridgehead atoms. The average molecular weight is 404 g/mol. The van der Waals surface area contributed by atoms with Gasteiger partial charge in [0.2, 0.25) is 5.16 Å². The molecule has 0 unspecified atom stereocenters. The summed E-state index contributed by atoms with van der Waals surface area (Å²) in [6.45, 7) is 6.07. The van der Waals surface area contributed by atoms with Crippen LogP contribution in [0.25, 0.3) is 11.4 Å². The predicted octanol–water partition coefficient (Wildman–Crippen LogP) is 4.35. The highest BCUT2D eigenvalue weighted by Gasteiger charge is 2.18. The molecule has 0 N–H and O–H groups in total. The second kappa shape index (κ2) is 8.05. The van der Waals surface area contributed by atoms with Crippen LogP contribution in [0.5, 0.6) is 0 Å². The minimum Gasteiger partial charge on any atom is -0.318 e. The lowest BCUT2D eigenvalue weighted by molar-refractivity contribution is 0.102. The van der Waals surface area contributed by atoms with Crippen molar-refractivity contribution in [1.82, 2.24) is 24.8 Å². The monoisotopic (exact) mass is 403 g/mol. The van der Waals surface area contributed by atoms with Crippen LogP contribution < -0.4 is 0 Å². The van der Waals surface area contributed by atoms with E-state index in [-0.39, 0.29) is 11.5 Å². The van der Waals surface area contributed by atoms with Crippen LogP contribution in [-0.4, -0.2) is 36.3 Å². The Morgan fingerprint density at radius 3 is 2.41 bits per heavy atom. The molecular formula is C22H21N5OS. The Balaban J connectivity index is 1.54. The highest BCUT2D eigenvalue weighted by atomic mass is 32.2. The van der Waals surface area contributed by atoms with Crippen LogP contribution in [0.2, 0.25) is 0 Å². The molecule has 0 saturated heterocycles.